The van der Waals surface area contributed by atoms with Gasteiger partial charge in [-0.2, -0.15) is 0 Å². The molecule has 8 heavy (non-hydrogen) atoms. The van der Waals surface area contributed by atoms with E-state index in [-0.39, 0.29) is 16.7 Å². The van der Waals surface area contributed by atoms with Crippen molar-refractivity contribution in [1.82, 2.24) is 0 Å². The van der Waals surface area contributed by atoms with Crippen molar-refractivity contribution in [1.29, 1.82) is 0 Å². The average Bonchev–Trinajstić information content (AvgIpc) is 1.85. The van der Waals surface area contributed by atoms with E-state index in [1.807, 2.05) is 13.8 Å². The maximum absolute atomic E-state index is 10.5. The Labute approximate surface area is 52.6 Å². The molecule has 1 fully saturated rings. The smallest absolute Gasteiger partial charge is 0.320 e. The Morgan fingerprint density at radius 2 is 2.25 bits per heavy atom. The average molecular weight is 132 g/mol. The first-order valence-corrected chi connectivity index (χ1v) is 3.50. The lowest BCUT2D eigenvalue weighted by atomic mass is 10.5. The van der Waals surface area contributed by atoms with E-state index < -0.39 is 0 Å². The third-order valence-corrected chi connectivity index (χ3v) is 2.09. The molecule has 0 aliphatic carbocycles. The fourth-order valence-corrected chi connectivity index (χ4v) is 1.52. The van der Waals surface area contributed by atoms with Crippen LogP contribution in [0, 0.1) is 0 Å². The normalized spacial score (nSPS) is 37.5. The molecule has 1 aliphatic rings. The zero-order valence-electron chi connectivity index (χ0n) is 4.88. The molecule has 0 aromatic heterocycles. The zero-order chi connectivity index (χ0) is 6.15. The SMILES string of the molecule is C[C@H]1OC(=O)[C@@H](C)S1. The topological polar surface area (TPSA) is 26.3 Å². The van der Waals surface area contributed by atoms with Crippen LogP contribution in [0.4, 0.5) is 0 Å². The number of carbonyl (C=O) groups excluding carboxylic acids is 1. The summed E-state index contributed by atoms with van der Waals surface area (Å²) in [6.45, 7) is 3.74. The van der Waals surface area contributed by atoms with Gasteiger partial charge < -0.3 is 4.74 Å². The van der Waals surface area contributed by atoms with Gasteiger partial charge in [0.15, 0.2) is 0 Å². The van der Waals surface area contributed by atoms with E-state index >= 15 is 0 Å². The Kier molecular flexibility index (Phi) is 1.47. The summed E-state index contributed by atoms with van der Waals surface area (Å²) in [5.74, 6) is -0.0810. The molecule has 0 spiro atoms. The Morgan fingerprint density at radius 3 is 2.38 bits per heavy atom. The highest BCUT2D eigenvalue weighted by Gasteiger charge is 2.27. The highest BCUT2D eigenvalue weighted by molar-refractivity contribution is 8.01. The summed E-state index contributed by atoms with van der Waals surface area (Å²) in [5.41, 5.74) is 0.0671. The van der Waals surface area contributed by atoms with E-state index in [1.54, 1.807) is 11.8 Å². The zero-order valence-corrected chi connectivity index (χ0v) is 5.70. The molecule has 0 amide bonds. The molecule has 1 aliphatic heterocycles. The summed E-state index contributed by atoms with van der Waals surface area (Å²) < 4.78 is 4.80. The van der Waals surface area contributed by atoms with Crippen LogP contribution in [0.25, 0.3) is 0 Å². The van der Waals surface area contributed by atoms with Gasteiger partial charge in [-0.1, -0.05) is 0 Å². The number of carbonyl (C=O) groups is 1. The summed E-state index contributed by atoms with van der Waals surface area (Å²) in [5, 5.41) is 0.0463. The van der Waals surface area contributed by atoms with Crippen LogP contribution >= 0.6 is 11.8 Å². The predicted octanol–water partition coefficient (Wildman–Crippen LogP) is 1.01. The molecule has 3 heteroatoms. The quantitative estimate of drug-likeness (QED) is 0.460. The van der Waals surface area contributed by atoms with Crippen LogP contribution in [-0.4, -0.2) is 16.7 Å². The first-order chi connectivity index (χ1) is 3.70. The van der Waals surface area contributed by atoms with Gasteiger partial charge in [0.05, 0.1) is 0 Å². The van der Waals surface area contributed by atoms with Crippen LogP contribution < -0.4 is 0 Å². The molecular weight excluding hydrogens is 124 g/mol. The van der Waals surface area contributed by atoms with Crippen LogP contribution in [0.1, 0.15) is 13.8 Å². The largest absolute Gasteiger partial charge is 0.451 e. The van der Waals surface area contributed by atoms with Gasteiger partial charge in [0.25, 0.3) is 0 Å². The van der Waals surface area contributed by atoms with E-state index in [9.17, 15) is 4.79 Å². The number of rotatable bonds is 0. The summed E-state index contributed by atoms with van der Waals surface area (Å²) in [7, 11) is 0. The van der Waals surface area contributed by atoms with Crippen molar-refractivity contribution in [2.75, 3.05) is 0 Å². The second-order valence-corrected chi connectivity index (χ2v) is 3.43. The van der Waals surface area contributed by atoms with Crippen molar-refractivity contribution < 1.29 is 9.53 Å². The van der Waals surface area contributed by atoms with Gasteiger partial charge >= 0.3 is 5.97 Å². The minimum atomic E-state index is -0.0810. The standard InChI is InChI=1S/C5H8O2S/c1-3-5(6)7-4(2)8-3/h3-4H,1-2H3/t3-,4+/m1/s1. The molecule has 0 radical (unpaired) electrons. The van der Waals surface area contributed by atoms with Crippen molar-refractivity contribution in [2.45, 2.75) is 24.5 Å². The van der Waals surface area contributed by atoms with Gasteiger partial charge in [-0.3, -0.25) is 4.79 Å². The summed E-state index contributed by atoms with van der Waals surface area (Å²) in [4.78, 5) is 10.5. The second-order valence-electron chi connectivity index (χ2n) is 1.78. The third-order valence-electron chi connectivity index (χ3n) is 1.01. The molecule has 0 bridgehead atoms. The summed E-state index contributed by atoms with van der Waals surface area (Å²) in [6.07, 6.45) is 0. The minimum absolute atomic E-state index is 0.0463. The minimum Gasteiger partial charge on any atom is -0.451 e. The Hall–Kier alpha value is -0.180. The van der Waals surface area contributed by atoms with Crippen molar-refractivity contribution in [3.8, 4) is 0 Å². The predicted molar refractivity (Wildman–Crippen MR) is 32.6 cm³/mol. The first kappa shape index (κ1) is 5.95. The molecule has 0 aromatic rings. The van der Waals surface area contributed by atoms with Crippen LogP contribution in [-0.2, 0) is 9.53 Å². The Balaban J connectivity index is 2.51. The van der Waals surface area contributed by atoms with Crippen molar-refractivity contribution in [2.24, 2.45) is 0 Å². The van der Waals surface area contributed by atoms with Crippen LogP contribution in [0.3, 0.4) is 0 Å². The van der Waals surface area contributed by atoms with E-state index in [0.29, 0.717) is 0 Å². The molecule has 1 heterocycles. The molecule has 46 valence electrons. The number of ether oxygens (including phenoxy) is 1. The number of thioether (sulfide) groups is 1. The molecule has 0 unspecified atom stereocenters. The van der Waals surface area contributed by atoms with Crippen LogP contribution in [0.15, 0.2) is 0 Å². The highest BCUT2D eigenvalue weighted by atomic mass is 32.2. The lowest BCUT2D eigenvalue weighted by Gasteiger charge is -1.94. The maximum atomic E-state index is 10.5. The van der Waals surface area contributed by atoms with E-state index in [1.165, 1.54) is 0 Å². The second kappa shape index (κ2) is 1.97. The van der Waals surface area contributed by atoms with Gasteiger partial charge in [0, 0.05) is 0 Å². The number of cyclic esters (lactones) is 1. The molecule has 2 atom stereocenters. The lowest BCUT2D eigenvalue weighted by Crippen LogP contribution is -2.06. The van der Waals surface area contributed by atoms with E-state index in [4.69, 9.17) is 4.74 Å². The third kappa shape index (κ3) is 0.968. The highest BCUT2D eigenvalue weighted by Crippen LogP contribution is 2.26. The van der Waals surface area contributed by atoms with Crippen molar-refractivity contribution in [3.05, 3.63) is 0 Å². The summed E-state index contributed by atoms with van der Waals surface area (Å²) >= 11 is 1.56. The Morgan fingerprint density at radius 1 is 1.62 bits per heavy atom. The van der Waals surface area contributed by atoms with Gasteiger partial charge in [0.1, 0.15) is 10.7 Å². The molecule has 0 saturated carbocycles. The molecule has 0 N–H and O–H groups in total. The van der Waals surface area contributed by atoms with Gasteiger partial charge in [-0.15, -0.1) is 11.8 Å². The van der Waals surface area contributed by atoms with Gasteiger partial charge in [-0.05, 0) is 13.8 Å². The number of hydrogen-bond donors (Lipinski definition) is 0. The maximum Gasteiger partial charge on any atom is 0.320 e. The molecule has 1 rings (SSSR count). The van der Waals surface area contributed by atoms with Crippen LogP contribution in [0.5, 0.6) is 0 Å². The molecule has 1 saturated heterocycles. The fourth-order valence-electron chi connectivity index (χ4n) is 0.630. The first-order valence-electron chi connectivity index (χ1n) is 2.56. The fraction of sp³-hybridized carbons (Fsp3) is 0.800. The van der Waals surface area contributed by atoms with Gasteiger partial charge in [0.2, 0.25) is 0 Å². The summed E-state index contributed by atoms with van der Waals surface area (Å²) in [6, 6.07) is 0. The lowest BCUT2D eigenvalue weighted by molar-refractivity contribution is -0.141. The van der Waals surface area contributed by atoms with E-state index in [2.05, 4.69) is 0 Å². The number of hydrogen-bond acceptors (Lipinski definition) is 3. The van der Waals surface area contributed by atoms with E-state index in [0.717, 1.165) is 0 Å². The van der Waals surface area contributed by atoms with Crippen molar-refractivity contribution >= 4 is 17.7 Å². The molecule has 0 aromatic carbocycles. The number of esters is 1. The van der Waals surface area contributed by atoms with Gasteiger partial charge in [-0.25, -0.2) is 0 Å². The van der Waals surface area contributed by atoms with Crippen LogP contribution in [0.2, 0.25) is 0 Å². The molecule has 2 nitrogen and oxygen atoms in total. The monoisotopic (exact) mass is 132 g/mol. The molecular formula is C5H8O2S. The van der Waals surface area contributed by atoms with Crippen molar-refractivity contribution in [3.63, 3.8) is 0 Å². The Bertz CT molecular complexity index is 113.